The van der Waals surface area contributed by atoms with Crippen LogP contribution in [-0.2, 0) is 9.53 Å². The molecule has 3 aromatic carbocycles. The Morgan fingerprint density at radius 2 is 1.43 bits per heavy atom. The monoisotopic (exact) mass is 472 g/mol. The molecule has 0 bridgehead atoms. The van der Waals surface area contributed by atoms with Gasteiger partial charge in [0.15, 0.2) is 0 Å². The number of carboxylic acid groups (broad SMARTS) is 1. The maximum atomic E-state index is 12.9. The van der Waals surface area contributed by atoms with E-state index in [1.807, 2.05) is 24.3 Å². The lowest BCUT2D eigenvalue weighted by molar-refractivity contribution is -0.138. The van der Waals surface area contributed by atoms with Crippen LogP contribution in [0.4, 0.5) is 10.5 Å². The van der Waals surface area contributed by atoms with Gasteiger partial charge in [0.05, 0.1) is 0 Å². The van der Waals surface area contributed by atoms with Crippen molar-refractivity contribution in [2.45, 2.75) is 32.2 Å². The number of nitrogens with one attached hydrogen (secondary N) is 1. The summed E-state index contributed by atoms with van der Waals surface area (Å²) in [7, 11) is 0. The molecule has 180 valence electrons. The first-order valence-corrected chi connectivity index (χ1v) is 11.4. The lowest BCUT2D eigenvalue weighted by Gasteiger charge is -2.34. The standard InChI is InChI=1S/C28H28N2O5/c1-28(2,3)30(16-25(31)32)26(33)18-12-14-19(15-13-18)29-27(34)35-17-24-22-10-6-4-8-20(22)21-9-5-7-11-23(21)24/h4-15,24H,16-17H2,1-3H3,(H,29,34)(H,31,32). The van der Waals surface area contributed by atoms with Crippen LogP contribution in [0, 0.1) is 0 Å². The van der Waals surface area contributed by atoms with Gasteiger partial charge in [-0.25, -0.2) is 4.79 Å². The van der Waals surface area contributed by atoms with Gasteiger partial charge in [0.2, 0.25) is 0 Å². The van der Waals surface area contributed by atoms with Gasteiger partial charge in [-0.3, -0.25) is 14.9 Å². The summed E-state index contributed by atoms with van der Waals surface area (Å²) in [5.41, 5.74) is 4.73. The Hall–Kier alpha value is -4.13. The molecule has 4 rings (SSSR count). The Bertz CT molecular complexity index is 1220. The fourth-order valence-corrected chi connectivity index (χ4v) is 4.35. The molecule has 7 heteroatoms. The average molecular weight is 473 g/mol. The van der Waals surface area contributed by atoms with Crippen LogP contribution in [0.25, 0.3) is 11.1 Å². The molecule has 0 unspecified atom stereocenters. The molecule has 0 radical (unpaired) electrons. The molecule has 0 heterocycles. The van der Waals surface area contributed by atoms with Crippen LogP contribution in [0.3, 0.4) is 0 Å². The SMILES string of the molecule is CC(C)(C)N(CC(=O)O)C(=O)c1ccc(NC(=O)OCC2c3ccccc3-c3ccccc32)cc1. The number of fused-ring (bicyclic) bond motifs is 3. The number of aliphatic carboxylic acids is 1. The Kier molecular flexibility index (Phi) is 6.60. The second-order valence-corrected chi connectivity index (χ2v) is 9.48. The van der Waals surface area contributed by atoms with Crippen molar-refractivity contribution in [2.75, 3.05) is 18.5 Å². The summed E-state index contributed by atoms with van der Waals surface area (Å²) < 4.78 is 5.56. The fourth-order valence-electron chi connectivity index (χ4n) is 4.35. The lowest BCUT2D eigenvalue weighted by Crippen LogP contribution is -2.48. The molecule has 0 aromatic heterocycles. The molecule has 2 N–H and O–H groups in total. The van der Waals surface area contributed by atoms with E-state index in [-0.39, 0.29) is 12.5 Å². The number of anilines is 1. The van der Waals surface area contributed by atoms with Crippen LogP contribution >= 0.6 is 0 Å². The maximum absolute atomic E-state index is 12.9. The second kappa shape index (κ2) is 9.62. The molecule has 7 nitrogen and oxygen atoms in total. The molecule has 0 saturated heterocycles. The van der Waals surface area contributed by atoms with Crippen molar-refractivity contribution in [3.05, 3.63) is 89.5 Å². The van der Waals surface area contributed by atoms with Gasteiger partial charge < -0.3 is 14.7 Å². The Morgan fingerprint density at radius 3 is 1.94 bits per heavy atom. The van der Waals surface area contributed by atoms with Crippen LogP contribution < -0.4 is 5.32 Å². The fraction of sp³-hybridized carbons (Fsp3) is 0.250. The number of nitrogens with zero attached hydrogens (tertiary/aromatic N) is 1. The number of hydrogen-bond acceptors (Lipinski definition) is 4. The van der Waals surface area contributed by atoms with E-state index in [2.05, 4.69) is 29.6 Å². The number of carboxylic acids is 1. The van der Waals surface area contributed by atoms with E-state index in [1.54, 1.807) is 45.0 Å². The zero-order valence-corrected chi connectivity index (χ0v) is 19.9. The minimum atomic E-state index is -1.08. The molecular weight excluding hydrogens is 444 g/mol. The largest absolute Gasteiger partial charge is 0.480 e. The molecule has 0 spiro atoms. The third-order valence-corrected chi connectivity index (χ3v) is 6.07. The first-order chi connectivity index (χ1) is 16.6. The number of carbonyl (C=O) groups is 3. The number of hydrogen-bond donors (Lipinski definition) is 2. The van der Waals surface area contributed by atoms with E-state index in [4.69, 9.17) is 9.84 Å². The van der Waals surface area contributed by atoms with Crippen molar-refractivity contribution in [2.24, 2.45) is 0 Å². The van der Waals surface area contributed by atoms with Crippen LogP contribution in [0.1, 0.15) is 48.2 Å². The molecule has 35 heavy (non-hydrogen) atoms. The van der Waals surface area contributed by atoms with E-state index >= 15 is 0 Å². The predicted molar refractivity (Wildman–Crippen MR) is 134 cm³/mol. The predicted octanol–water partition coefficient (Wildman–Crippen LogP) is 5.37. The van der Waals surface area contributed by atoms with E-state index in [0.717, 1.165) is 22.3 Å². The molecule has 1 aliphatic carbocycles. The highest BCUT2D eigenvalue weighted by Crippen LogP contribution is 2.44. The zero-order chi connectivity index (χ0) is 25.2. The zero-order valence-electron chi connectivity index (χ0n) is 19.9. The molecule has 0 saturated carbocycles. The van der Waals surface area contributed by atoms with Gasteiger partial charge in [0.25, 0.3) is 5.91 Å². The van der Waals surface area contributed by atoms with Gasteiger partial charge in [-0.1, -0.05) is 48.5 Å². The molecular formula is C28H28N2O5. The van der Waals surface area contributed by atoms with Crippen LogP contribution in [0.15, 0.2) is 72.8 Å². The van der Waals surface area contributed by atoms with Crippen molar-refractivity contribution < 1.29 is 24.2 Å². The molecule has 0 fully saturated rings. The number of amides is 2. The number of rotatable bonds is 6. The van der Waals surface area contributed by atoms with Gasteiger partial charge in [-0.2, -0.15) is 0 Å². The van der Waals surface area contributed by atoms with Crippen molar-refractivity contribution in [3.63, 3.8) is 0 Å². The van der Waals surface area contributed by atoms with Gasteiger partial charge in [-0.15, -0.1) is 0 Å². The highest BCUT2D eigenvalue weighted by atomic mass is 16.5. The average Bonchev–Trinajstić information content (AvgIpc) is 3.14. The number of benzene rings is 3. The topological polar surface area (TPSA) is 95.9 Å². The van der Waals surface area contributed by atoms with E-state index in [0.29, 0.717) is 11.3 Å². The summed E-state index contributed by atoms with van der Waals surface area (Å²) in [6.45, 7) is 5.14. The Labute approximate surface area is 204 Å². The molecule has 0 atom stereocenters. The number of carbonyl (C=O) groups excluding carboxylic acids is 2. The van der Waals surface area contributed by atoms with Crippen LogP contribution in [0.5, 0.6) is 0 Å². The number of ether oxygens (including phenoxy) is 1. The summed E-state index contributed by atoms with van der Waals surface area (Å²) in [6.07, 6.45) is -0.590. The van der Waals surface area contributed by atoms with Crippen molar-refractivity contribution in [1.29, 1.82) is 0 Å². The van der Waals surface area contributed by atoms with Gasteiger partial charge in [0.1, 0.15) is 13.2 Å². The third kappa shape index (κ3) is 5.19. The van der Waals surface area contributed by atoms with E-state index in [9.17, 15) is 14.4 Å². The van der Waals surface area contributed by atoms with Gasteiger partial charge in [-0.05, 0) is 67.3 Å². The quantitative estimate of drug-likeness (QED) is 0.503. The lowest BCUT2D eigenvalue weighted by atomic mass is 9.98. The second-order valence-electron chi connectivity index (χ2n) is 9.48. The van der Waals surface area contributed by atoms with Crippen LogP contribution in [0.2, 0.25) is 0 Å². The first-order valence-electron chi connectivity index (χ1n) is 11.4. The molecule has 2 amide bonds. The summed E-state index contributed by atoms with van der Waals surface area (Å²) in [6, 6.07) is 22.5. The van der Waals surface area contributed by atoms with E-state index < -0.39 is 30.1 Å². The third-order valence-electron chi connectivity index (χ3n) is 6.07. The molecule has 1 aliphatic rings. The Morgan fingerprint density at radius 1 is 0.886 bits per heavy atom. The van der Waals surface area contributed by atoms with Crippen molar-refractivity contribution in [3.8, 4) is 11.1 Å². The van der Waals surface area contributed by atoms with E-state index in [1.165, 1.54) is 4.90 Å². The highest BCUT2D eigenvalue weighted by molar-refractivity contribution is 5.97. The minimum Gasteiger partial charge on any atom is -0.480 e. The summed E-state index contributed by atoms with van der Waals surface area (Å²) in [5.74, 6) is -1.51. The molecule has 0 aliphatic heterocycles. The van der Waals surface area contributed by atoms with Crippen LogP contribution in [-0.4, -0.2) is 46.7 Å². The molecule has 3 aromatic rings. The maximum Gasteiger partial charge on any atom is 0.411 e. The van der Waals surface area contributed by atoms with Crippen molar-refractivity contribution in [1.82, 2.24) is 4.90 Å². The van der Waals surface area contributed by atoms with Gasteiger partial charge >= 0.3 is 12.1 Å². The van der Waals surface area contributed by atoms with Crippen molar-refractivity contribution >= 4 is 23.7 Å². The minimum absolute atomic E-state index is 0.0363. The van der Waals surface area contributed by atoms with Gasteiger partial charge in [0, 0.05) is 22.7 Å². The Balaban J connectivity index is 1.40. The summed E-state index contributed by atoms with van der Waals surface area (Å²) in [5, 5.41) is 11.9. The highest BCUT2D eigenvalue weighted by Gasteiger charge is 2.30. The smallest absolute Gasteiger partial charge is 0.411 e. The first kappa shape index (κ1) is 24.0. The summed E-state index contributed by atoms with van der Waals surface area (Å²) in [4.78, 5) is 37.9. The summed E-state index contributed by atoms with van der Waals surface area (Å²) >= 11 is 0. The normalized spacial score (nSPS) is 12.4.